The minimum Gasteiger partial charge on any atom is -0.493 e. The lowest BCUT2D eigenvalue weighted by molar-refractivity contribution is 0.198. The molecular weight excluding hydrogens is 412 g/mol. The van der Waals surface area contributed by atoms with Crippen LogP contribution in [0.2, 0.25) is 5.02 Å². The van der Waals surface area contributed by atoms with Crippen molar-refractivity contribution in [2.75, 3.05) is 33.9 Å². The molecule has 1 fully saturated rings. The number of rotatable bonds is 8. The van der Waals surface area contributed by atoms with Crippen LogP contribution in [0, 0.1) is 0 Å². The first-order valence-corrected chi connectivity index (χ1v) is 11.2. The van der Waals surface area contributed by atoms with Gasteiger partial charge in [0.15, 0.2) is 17.5 Å². The van der Waals surface area contributed by atoms with Crippen molar-refractivity contribution in [1.29, 1.82) is 0 Å². The Balaban J connectivity index is 1.49. The van der Waals surface area contributed by atoms with Crippen molar-refractivity contribution < 1.29 is 9.47 Å². The van der Waals surface area contributed by atoms with Crippen LogP contribution in [0.4, 0.5) is 0 Å². The molecule has 0 aromatic heterocycles. The fourth-order valence-corrected chi connectivity index (χ4v) is 4.10. The maximum absolute atomic E-state index is 6.39. The van der Waals surface area contributed by atoms with Gasteiger partial charge in [-0.05, 0) is 43.0 Å². The first-order valence-electron chi connectivity index (χ1n) is 10.9. The Bertz CT molecular complexity index is 852. The van der Waals surface area contributed by atoms with Gasteiger partial charge in [0, 0.05) is 39.3 Å². The summed E-state index contributed by atoms with van der Waals surface area (Å²) in [5.41, 5.74) is 2.38. The Labute approximate surface area is 190 Å². The number of nitrogens with one attached hydrogen (secondary N) is 2. The van der Waals surface area contributed by atoms with Gasteiger partial charge in [-0.25, -0.2) is 0 Å². The highest BCUT2D eigenvalue weighted by molar-refractivity contribution is 6.32. The largest absolute Gasteiger partial charge is 0.493 e. The summed E-state index contributed by atoms with van der Waals surface area (Å²) in [7, 11) is 3.42. The molecule has 6 nitrogen and oxygen atoms in total. The number of aliphatic imine (C=N–C) groups is 1. The Morgan fingerprint density at radius 1 is 1.16 bits per heavy atom. The molecule has 0 amide bonds. The van der Waals surface area contributed by atoms with E-state index in [4.69, 9.17) is 21.1 Å². The number of guanidine groups is 1. The molecule has 0 saturated carbocycles. The van der Waals surface area contributed by atoms with Gasteiger partial charge in [0.2, 0.25) is 0 Å². The van der Waals surface area contributed by atoms with Crippen LogP contribution in [0.5, 0.6) is 11.5 Å². The van der Waals surface area contributed by atoms with E-state index in [-0.39, 0.29) is 0 Å². The van der Waals surface area contributed by atoms with Gasteiger partial charge in [0.1, 0.15) is 0 Å². The van der Waals surface area contributed by atoms with Gasteiger partial charge >= 0.3 is 0 Å². The molecule has 1 aliphatic heterocycles. The quantitative estimate of drug-likeness (QED) is 0.474. The van der Waals surface area contributed by atoms with Crippen LogP contribution in [0.3, 0.4) is 0 Å². The van der Waals surface area contributed by atoms with Crippen molar-refractivity contribution in [3.8, 4) is 11.5 Å². The van der Waals surface area contributed by atoms with Crippen LogP contribution in [0.1, 0.15) is 30.9 Å². The topological polar surface area (TPSA) is 58.1 Å². The molecule has 1 aliphatic rings. The summed E-state index contributed by atoms with van der Waals surface area (Å²) in [4.78, 5) is 6.90. The second kappa shape index (κ2) is 11.8. The molecule has 7 heteroatoms. The number of methoxy groups -OCH3 is 1. The fraction of sp³-hybridized carbons (Fsp3) is 0.458. The summed E-state index contributed by atoms with van der Waals surface area (Å²) >= 11 is 6.39. The summed E-state index contributed by atoms with van der Waals surface area (Å²) in [5.74, 6) is 2.02. The minimum atomic E-state index is 0.414. The maximum Gasteiger partial charge on any atom is 0.191 e. The van der Waals surface area contributed by atoms with Crippen molar-refractivity contribution in [3.05, 3.63) is 58.6 Å². The molecule has 2 N–H and O–H groups in total. The third-order valence-electron chi connectivity index (χ3n) is 5.44. The molecule has 0 spiro atoms. The zero-order valence-corrected chi connectivity index (χ0v) is 19.4. The Morgan fingerprint density at radius 2 is 1.90 bits per heavy atom. The van der Waals surface area contributed by atoms with E-state index < -0.39 is 0 Å². The highest BCUT2D eigenvalue weighted by atomic mass is 35.5. The molecule has 0 bridgehead atoms. The van der Waals surface area contributed by atoms with Gasteiger partial charge in [-0.1, -0.05) is 41.9 Å². The van der Waals surface area contributed by atoms with Crippen LogP contribution in [0.25, 0.3) is 0 Å². The summed E-state index contributed by atoms with van der Waals surface area (Å²) in [6, 6.07) is 14.9. The van der Waals surface area contributed by atoms with Crippen LogP contribution in [-0.2, 0) is 13.1 Å². The Kier molecular flexibility index (Phi) is 8.85. The lowest BCUT2D eigenvalue weighted by Gasteiger charge is -2.33. The average Bonchev–Trinajstić information content (AvgIpc) is 2.80. The van der Waals surface area contributed by atoms with Crippen LogP contribution < -0.4 is 20.1 Å². The monoisotopic (exact) mass is 444 g/mol. The Hall–Kier alpha value is -2.44. The van der Waals surface area contributed by atoms with E-state index in [1.807, 2.05) is 19.1 Å². The summed E-state index contributed by atoms with van der Waals surface area (Å²) in [6.07, 6.45) is 2.19. The second-order valence-corrected chi connectivity index (χ2v) is 8.06. The molecule has 0 radical (unpaired) electrons. The van der Waals surface area contributed by atoms with E-state index in [1.54, 1.807) is 14.2 Å². The number of ether oxygens (including phenoxy) is 2. The number of likely N-dealkylation sites (tertiary alicyclic amines) is 1. The number of piperidine rings is 1. The van der Waals surface area contributed by atoms with Crippen molar-refractivity contribution in [2.45, 2.75) is 38.9 Å². The number of benzene rings is 2. The maximum atomic E-state index is 6.39. The van der Waals surface area contributed by atoms with Crippen molar-refractivity contribution in [3.63, 3.8) is 0 Å². The number of nitrogens with zero attached hydrogens (tertiary/aromatic N) is 2. The van der Waals surface area contributed by atoms with Gasteiger partial charge in [-0.15, -0.1) is 0 Å². The molecular formula is C24H33ClN4O2. The van der Waals surface area contributed by atoms with E-state index in [0.29, 0.717) is 35.7 Å². The van der Waals surface area contributed by atoms with Gasteiger partial charge in [0.05, 0.1) is 18.7 Å². The third-order valence-corrected chi connectivity index (χ3v) is 5.72. The standard InChI is InChI=1S/C24H33ClN4O2/c1-4-31-23-21(25)14-19(15-22(23)30-3)16-27-24(26-2)28-20-10-12-29(13-11-20)17-18-8-6-5-7-9-18/h5-9,14-15,20H,4,10-13,16-17H2,1-3H3,(H2,26,27,28). The van der Waals surface area contributed by atoms with Gasteiger partial charge in [0.25, 0.3) is 0 Å². The van der Waals surface area contributed by atoms with E-state index in [9.17, 15) is 0 Å². The van der Waals surface area contributed by atoms with Crippen molar-refractivity contribution >= 4 is 17.6 Å². The third kappa shape index (κ3) is 6.77. The molecule has 1 heterocycles. The van der Waals surface area contributed by atoms with E-state index in [2.05, 4.69) is 50.9 Å². The number of hydrogen-bond donors (Lipinski definition) is 2. The molecule has 3 rings (SSSR count). The van der Waals surface area contributed by atoms with E-state index in [0.717, 1.165) is 44.0 Å². The second-order valence-electron chi connectivity index (χ2n) is 7.65. The average molecular weight is 445 g/mol. The van der Waals surface area contributed by atoms with Crippen molar-refractivity contribution in [1.82, 2.24) is 15.5 Å². The van der Waals surface area contributed by atoms with Gasteiger partial charge in [-0.2, -0.15) is 0 Å². The first kappa shape index (κ1) is 23.2. The SMILES string of the molecule is CCOc1c(Cl)cc(CNC(=NC)NC2CCN(Cc3ccccc3)CC2)cc1OC. The number of halogens is 1. The molecule has 0 aliphatic carbocycles. The molecule has 0 unspecified atom stereocenters. The zero-order valence-electron chi connectivity index (χ0n) is 18.7. The molecule has 168 valence electrons. The number of hydrogen-bond acceptors (Lipinski definition) is 4. The smallest absolute Gasteiger partial charge is 0.191 e. The van der Waals surface area contributed by atoms with Crippen LogP contribution >= 0.6 is 11.6 Å². The molecule has 0 atom stereocenters. The van der Waals surface area contributed by atoms with Crippen molar-refractivity contribution in [2.24, 2.45) is 4.99 Å². The summed E-state index contributed by atoms with van der Waals surface area (Å²) in [5, 5.41) is 7.49. The fourth-order valence-electron chi connectivity index (χ4n) is 3.81. The zero-order chi connectivity index (χ0) is 22.1. The van der Waals surface area contributed by atoms with E-state index in [1.165, 1.54) is 5.56 Å². The highest BCUT2D eigenvalue weighted by Gasteiger charge is 2.20. The summed E-state index contributed by atoms with van der Waals surface area (Å²) < 4.78 is 11.0. The lowest BCUT2D eigenvalue weighted by Crippen LogP contribution is -2.48. The van der Waals surface area contributed by atoms with Crippen LogP contribution in [-0.4, -0.2) is 50.8 Å². The normalized spacial score (nSPS) is 15.5. The molecule has 1 saturated heterocycles. The first-order chi connectivity index (χ1) is 15.1. The minimum absolute atomic E-state index is 0.414. The Morgan fingerprint density at radius 3 is 2.55 bits per heavy atom. The predicted octanol–water partition coefficient (Wildman–Crippen LogP) is 4.08. The highest BCUT2D eigenvalue weighted by Crippen LogP contribution is 2.36. The van der Waals surface area contributed by atoms with Gasteiger partial charge < -0.3 is 20.1 Å². The molecule has 2 aromatic carbocycles. The molecule has 31 heavy (non-hydrogen) atoms. The molecule has 2 aromatic rings. The predicted molar refractivity (Wildman–Crippen MR) is 127 cm³/mol. The van der Waals surface area contributed by atoms with E-state index >= 15 is 0 Å². The van der Waals surface area contributed by atoms with Gasteiger partial charge in [-0.3, -0.25) is 9.89 Å². The van der Waals surface area contributed by atoms with Crippen LogP contribution in [0.15, 0.2) is 47.5 Å². The lowest BCUT2D eigenvalue weighted by atomic mass is 10.0. The summed E-state index contributed by atoms with van der Waals surface area (Å²) in [6.45, 7) is 6.22.